The van der Waals surface area contributed by atoms with Gasteiger partial charge in [0.15, 0.2) is 0 Å². The predicted octanol–water partition coefficient (Wildman–Crippen LogP) is 3.22. The number of rotatable bonds is 5. The van der Waals surface area contributed by atoms with Crippen molar-refractivity contribution in [1.29, 1.82) is 0 Å². The van der Waals surface area contributed by atoms with Gasteiger partial charge >= 0.3 is 0 Å². The fourth-order valence-corrected chi connectivity index (χ4v) is 6.66. The Bertz CT molecular complexity index is 1180. The molecule has 1 saturated heterocycles. The van der Waals surface area contributed by atoms with E-state index in [1.807, 2.05) is 11.0 Å². The molecule has 2 aromatic carbocycles. The third-order valence-corrected chi connectivity index (χ3v) is 9.18. The van der Waals surface area contributed by atoms with Gasteiger partial charge in [0.1, 0.15) is 0 Å². The summed E-state index contributed by atoms with van der Waals surface area (Å²) in [6.07, 6.45) is 5.10. The van der Waals surface area contributed by atoms with E-state index in [2.05, 4.69) is 18.2 Å². The van der Waals surface area contributed by atoms with Crippen molar-refractivity contribution >= 4 is 21.8 Å². The van der Waals surface area contributed by atoms with Crippen LogP contribution in [0.3, 0.4) is 0 Å². The van der Waals surface area contributed by atoms with Crippen LogP contribution in [0.15, 0.2) is 53.4 Å². The maximum atomic E-state index is 13.6. The highest BCUT2D eigenvalue weighted by Crippen LogP contribution is 2.41. The number of carbonyl (C=O) groups excluding carboxylic acids is 2. The lowest BCUT2D eigenvalue weighted by Gasteiger charge is -2.36. The van der Waals surface area contributed by atoms with Gasteiger partial charge in [-0.2, -0.15) is 4.31 Å². The zero-order chi connectivity index (χ0) is 23.9. The number of nitrogens with zero attached hydrogens (tertiary/aromatic N) is 3. The normalized spacial score (nSPS) is 21.1. The van der Waals surface area contributed by atoms with Crippen LogP contribution in [0.1, 0.15) is 60.1 Å². The summed E-state index contributed by atoms with van der Waals surface area (Å²) in [4.78, 5) is 29.0. The van der Waals surface area contributed by atoms with Crippen LogP contribution in [0, 0.1) is 0 Å². The number of carbonyl (C=O) groups is 2. The summed E-state index contributed by atoms with van der Waals surface area (Å²) < 4.78 is 27.6. The van der Waals surface area contributed by atoms with E-state index < -0.39 is 10.0 Å². The highest BCUT2D eigenvalue weighted by Gasteiger charge is 2.40. The van der Waals surface area contributed by atoms with Gasteiger partial charge < -0.3 is 9.80 Å². The number of fused-ring (bicyclic) bond motifs is 1. The van der Waals surface area contributed by atoms with Crippen molar-refractivity contribution in [3.8, 4) is 0 Å². The molecule has 1 heterocycles. The molecule has 1 unspecified atom stereocenters. The van der Waals surface area contributed by atoms with Gasteiger partial charge in [-0.25, -0.2) is 8.42 Å². The topological polar surface area (TPSA) is 78.0 Å². The molecule has 0 bridgehead atoms. The standard InChI is InChI=1S/C26H31N3O4S/c1-19(30)27-15-17-28(18-16-27)34(32,33)23-13-9-21(10-14-23)26(31)29(22-11-12-22)25-8-4-6-20-5-2-3-7-24(20)25/h2-3,5,7,9-10,13-14,22,25H,4,6,8,11-12,15-18H2,1H3. The van der Waals surface area contributed by atoms with Gasteiger partial charge in [0, 0.05) is 44.7 Å². The quantitative estimate of drug-likeness (QED) is 0.657. The average molecular weight is 482 g/mol. The number of hydrogen-bond donors (Lipinski definition) is 0. The zero-order valence-corrected chi connectivity index (χ0v) is 20.3. The van der Waals surface area contributed by atoms with E-state index in [0.717, 1.165) is 32.1 Å². The maximum Gasteiger partial charge on any atom is 0.254 e. The molecule has 0 N–H and O–H groups in total. The Morgan fingerprint density at radius 3 is 2.24 bits per heavy atom. The molecule has 0 spiro atoms. The van der Waals surface area contributed by atoms with Crippen molar-refractivity contribution in [2.75, 3.05) is 26.2 Å². The molecule has 1 aliphatic heterocycles. The van der Waals surface area contributed by atoms with Gasteiger partial charge in [-0.15, -0.1) is 0 Å². The van der Waals surface area contributed by atoms with Crippen LogP contribution in [0.4, 0.5) is 0 Å². The molecule has 8 heteroatoms. The molecular weight excluding hydrogens is 450 g/mol. The van der Waals surface area contributed by atoms with Crippen LogP contribution >= 0.6 is 0 Å². The third-order valence-electron chi connectivity index (χ3n) is 7.27. The molecule has 5 rings (SSSR count). The zero-order valence-electron chi connectivity index (χ0n) is 19.5. The number of piperazine rings is 1. The Morgan fingerprint density at radius 1 is 0.912 bits per heavy atom. The van der Waals surface area contributed by atoms with Crippen LogP contribution in [0.25, 0.3) is 0 Å². The van der Waals surface area contributed by atoms with Crippen molar-refractivity contribution in [1.82, 2.24) is 14.1 Å². The summed E-state index contributed by atoms with van der Waals surface area (Å²) in [5, 5.41) is 0. The molecule has 180 valence electrons. The third kappa shape index (κ3) is 4.36. The van der Waals surface area contributed by atoms with Gasteiger partial charge in [-0.1, -0.05) is 24.3 Å². The summed E-state index contributed by atoms with van der Waals surface area (Å²) in [7, 11) is -3.67. The molecule has 2 fully saturated rings. The first-order valence-corrected chi connectivity index (χ1v) is 13.6. The van der Waals surface area contributed by atoms with Crippen LogP contribution < -0.4 is 0 Å². The summed E-state index contributed by atoms with van der Waals surface area (Å²) in [5.41, 5.74) is 3.09. The second-order valence-electron chi connectivity index (χ2n) is 9.48. The number of aryl methyl sites for hydroxylation is 1. The van der Waals surface area contributed by atoms with Crippen molar-refractivity contribution in [2.24, 2.45) is 0 Å². The minimum atomic E-state index is -3.67. The minimum Gasteiger partial charge on any atom is -0.340 e. The minimum absolute atomic E-state index is 0.0248. The Morgan fingerprint density at radius 2 is 1.59 bits per heavy atom. The smallest absolute Gasteiger partial charge is 0.254 e. The van der Waals surface area contributed by atoms with Gasteiger partial charge in [-0.3, -0.25) is 9.59 Å². The van der Waals surface area contributed by atoms with Crippen LogP contribution in [0.2, 0.25) is 0 Å². The van der Waals surface area contributed by atoms with Gasteiger partial charge in [0.05, 0.1) is 10.9 Å². The van der Waals surface area contributed by atoms with E-state index in [4.69, 9.17) is 0 Å². The Hall–Kier alpha value is -2.71. The Balaban J connectivity index is 1.35. The van der Waals surface area contributed by atoms with Crippen molar-refractivity contribution < 1.29 is 18.0 Å². The molecule has 3 aliphatic rings. The summed E-state index contributed by atoms with van der Waals surface area (Å²) in [6, 6.07) is 15.1. The highest BCUT2D eigenvalue weighted by molar-refractivity contribution is 7.89. The lowest BCUT2D eigenvalue weighted by Crippen LogP contribution is -2.49. The van der Waals surface area contributed by atoms with Gasteiger partial charge in [-0.05, 0) is 67.5 Å². The van der Waals surface area contributed by atoms with Crippen molar-refractivity contribution in [3.63, 3.8) is 0 Å². The molecule has 1 saturated carbocycles. The molecule has 7 nitrogen and oxygen atoms in total. The molecule has 34 heavy (non-hydrogen) atoms. The molecule has 2 aromatic rings. The van der Waals surface area contributed by atoms with Crippen LogP contribution in [-0.2, 0) is 21.2 Å². The first kappa shape index (κ1) is 23.1. The summed E-state index contributed by atoms with van der Waals surface area (Å²) in [6.45, 7) is 2.84. The van der Waals surface area contributed by atoms with E-state index in [1.165, 1.54) is 22.4 Å². The molecule has 2 aliphatic carbocycles. The average Bonchev–Trinajstić information content (AvgIpc) is 3.69. The molecule has 1 atom stereocenters. The lowest BCUT2D eigenvalue weighted by molar-refractivity contribution is -0.129. The van der Waals surface area contributed by atoms with Crippen molar-refractivity contribution in [3.05, 3.63) is 65.2 Å². The van der Waals surface area contributed by atoms with E-state index in [-0.39, 0.29) is 41.9 Å². The Labute approximate surface area is 201 Å². The maximum absolute atomic E-state index is 13.6. The van der Waals surface area contributed by atoms with Gasteiger partial charge in [0.2, 0.25) is 15.9 Å². The van der Waals surface area contributed by atoms with Crippen LogP contribution in [0.5, 0.6) is 0 Å². The van der Waals surface area contributed by atoms with Crippen molar-refractivity contribution in [2.45, 2.75) is 56.0 Å². The SMILES string of the molecule is CC(=O)N1CCN(S(=O)(=O)c2ccc(C(=O)N(C3CC3)C3CCCc4ccccc43)cc2)CC1. The second kappa shape index (κ2) is 9.15. The first-order chi connectivity index (χ1) is 16.4. The van der Waals surface area contributed by atoms with E-state index in [9.17, 15) is 18.0 Å². The van der Waals surface area contributed by atoms with E-state index in [0.29, 0.717) is 18.7 Å². The van der Waals surface area contributed by atoms with Gasteiger partial charge in [0.25, 0.3) is 5.91 Å². The fraction of sp³-hybridized carbons (Fsp3) is 0.462. The molecule has 0 aromatic heterocycles. The van der Waals surface area contributed by atoms with E-state index >= 15 is 0 Å². The largest absolute Gasteiger partial charge is 0.340 e. The molecule has 2 amide bonds. The number of sulfonamides is 1. The fourth-order valence-electron chi connectivity index (χ4n) is 5.24. The monoisotopic (exact) mass is 481 g/mol. The summed E-state index contributed by atoms with van der Waals surface area (Å²) in [5.74, 6) is -0.0658. The lowest BCUT2D eigenvalue weighted by atomic mass is 9.86. The summed E-state index contributed by atoms with van der Waals surface area (Å²) >= 11 is 0. The second-order valence-corrected chi connectivity index (χ2v) is 11.4. The number of benzene rings is 2. The number of hydrogen-bond acceptors (Lipinski definition) is 4. The number of amides is 2. The first-order valence-electron chi connectivity index (χ1n) is 12.1. The molecule has 0 radical (unpaired) electrons. The van der Waals surface area contributed by atoms with E-state index in [1.54, 1.807) is 29.2 Å². The Kier molecular flexibility index (Phi) is 6.20. The van der Waals surface area contributed by atoms with Crippen LogP contribution in [-0.4, -0.2) is 66.6 Å². The molecular formula is C26H31N3O4S. The highest BCUT2D eigenvalue weighted by atomic mass is 32.2. The predicted molar refractivity (Wildman–Crippen MR) is 129 cm³/mol.